The molecule has 0 radical (unpaired) electrons. The Hall–Kier alpha value is -2.98. The largest absolute Gasteiger partial charge is 0.480 e. The van der Waals surface area contributed by atoms with Crippen LogP contribution in [-0.2, 0) is 11.0 Å². The van der Waals surface area contributed by atoms with Crippen molar-refractivity contribution in [3.63, 3.8) is 0 Å². The number of carboxylic acid groups (broad SMARTS) is 1. The van der Waals surface area contributed by atoms with E-state index in [0.717, 1.165) is 18.9 Å². The fraction of sp³-hybridized carbons (Fsp3) is 0.471. The number of carbonyl (C=O) groups is 1. The Morgan fingerprint density at radius 3 is 2.32 bits per heavy atom. The average Bonchev–Trinajstić information content (AvgIpc) is 3.46. The van der Waals surface area contributed by atoms with Gasteiger partial charge in [0.2, 0.25) is 11.9 Å². The zero-order valence-electron chi connectivity index (χ0n) is 15.2. The molecule has 3 rings (SSSR count). The first-order chi connectivity index (χ1) is 13.1. The minimum atomic E-state index is -4.61. The zero-order valence-corrected chi connectivity index (χ0v) is 15.2. The molecule has 150 valence electrons. The average molecular weight is 396 g/mol. The molecule has 3 N–H and O–H groups in total. The second-order valence-corrected chi connectivity index (χ2v) is 6.69. The summed E-state index contributed by atoms with van der Waals surface area (Å²) in [7, 11) is 0. The maximum absolute atomic E-state index is 13.0. The Morgan fingerprint density at radius 1 is 1.11 bits per heavy atom. The summed E-state index contributed by atoms with van der Waals surface area (Å²) in [6.07, 6.45) is -2.46. The van der Waals surface area contributed by atoms with Gasteiger partial charge < -0.3 is 15.7 Å². The molecule has 0 saturated heterocycles. The van der Waals surface area contributed by atoms with Gasteiger partial charge in [0.25, 0.3) is 0 Å². The highest BCUT2D eigenvalue weighted by atomic mass is 19.4. The standard InChI is InChI=1S/C17H19F3N6O2/c1-8(10-6-7-10)21-15-24-13(25-16(26-15)22-9(2)14(27)28)11-4-3-5-12(23-11)17(18,19)20/h3-5,8-10H,6-7H2,1-2H3,(H,27,28)(H2,21,22,24,25,26). The fourth-order valence-corrected chi connectivity index (χ4v) is 2.51. The van der Waals surface area contributed by atoms with Crippen LogP contribution in [-0.4, -0.2) is 43.1 Å². The molecule has 1 aliphatic carbocycles. The van der Waals surface area contributed by atoms with Gasteiger partial charge in [-0.15, -0.1) is 0 Å². The van der Waals surface area contributed by atoms with E-state index in [1.165, 1.54) is 19.1 Å². The predicted molar refractivity (Wildman–Crippen MR) is 94.6 cm³/mol. The van der Waals surface area contributed by atoms with E-state index in [-0.39, 0.29) is 29.5 Å². The maximum atomic E-state index is 13.0. The predicted octanol–water partition coefficient (Wildman–Crippen LogP) is 3.05. The topological polar surface area (TPSA) is 113 Å². The van der Waals surface area contributed by atoms with E-state index in [1.807, 2.05) is 6.92 Å². The Kier molecular flexibility index (Phi) is 5.34. The smallest absolute Gasteiger partial charge is 0.433 e. The third-order valence-corrected chi connectivity index (χ3v) is 4.31. The number of nitrogens with zero attached hydrogens (tertiary/aromatic N) is 4. The molecule has 2 aromatic heterocycles. The van der Waals surface area contributed by atoms with Crippen molar-refractivity contribution in [2.24, 2.45) is 5.92 Å². The Labute approximate surface area is 158 Å². The minimum absolute atomic E-state index is 0.0643. The van der Waals surface area contributed by atoms with Gasteiger partial charge in [-0.05, 0) is 44.7 Å². The lowest BCUT2D eigenvalue weighted by Crippen LogP contribution is -2.27. The molecular weight excluding hydrogens is 377 g/mol. The third kappa shape index (κ3) is 4.84. The van der Waals surface area contributed by atoms with Crippen molar-refractivity contribution in [3.05, 3.63) is 23.9 Å². The molecule has 2 heterocycles. The number of rotatable bonds is 7. The van der Waals surface area contributed by atoms with Gasteiger partial charge in [0.15, 0.2) is 5.82 Å². The number of halogens is 3. The number of carboxylic acids is 1. The number of nitrogens with one attached hydrogen (secondary N) is 2. The maximum Gasteiger partial charge on any atom is 0.433 e. The van der Waals surface area contributed by atoms with Crippen molar-refractivity contribution >= 4 is 17.9 Å². The third-order valence-electron chi connectivity index (χ3n) is 4.31. The van der Waals surface area contributed by atoms with Gasteiger partial charge in [0, 0.05) is 6.04 Å². The number of alkyl halides is 3. The monoisotopic (exact) mass is 396 g/mol. The van der Waals surface area contributed by atoms with Crippen LogP contribution in [0.15, 0.2) is 18.2 Å². The van der Waals surface area contributed by atoms with Gasteiger partial charge in [0.05, 0.1) is 0 Å². The van der Waals surface area contributed by atoms with Crippen LogP contribution in [0.1, 0.15) is 32.4 Å². The van der Waals surface area contributed by atoms with E-state index in [4.69, 9.17) is 5.11 Å². The van der Waals surface area contributed by atoms with Gasteiger partial charge in [0.1, 0.15) is 17.4 Å². The van der Waals surface area contributed by atoms with Crippen LogP contribution < -0.4 is 10.6 Å². The number of aromatic nitrogens is 4. The van der Waals surface area contributed by atoms with E-state index < -0.39 is 23.9 Å². The molecule has 0 aromatic carbocycles. The fourth-order valence-electron chi connectivity index (χ4n) is 2.51. The summed E-state index contributed by atoms with van der Waals surface area (Å²) in [5.74, 6) is -0.666. The quantitative estimate of drug-likeness (QED) is 0.655. The lowest BCUT2D eigenvalue weighted by Gasteiger charge is -2.16. The van der Waals surface area contributed by atoms with E-state index in [2.05, 4.69) is 30.6 Å². The summed E-state index contributed by atoms with van der Waals surface area (Å²) < 4.78 is 38.9. The normalized spacial score (nSPS) is 16.3. The minimum Gasteiger partial charge on any atom is -0.480 e. The molecule has 0 bridgehead atoms. The van der Waals surface area contributed by atoms with Gasteiger partial charge in [-0.1, -0.05) is 6.07 Å². The molecule has 2 atom stereocenters. The van der Waals surface area contributed by atoms with Crippen LogP contribution in [0, 0.1) is 5.92 Å². The number of hydrogen-bond donors (Lipinski definition) is 3. The lowest BCUT2D eigenvalue weighted by molar-refractivity contribution is -0.141. The van der Waals surface area contributed by atoms with E-state index in [9.17, 15) is 18.0 Å². The van der Waals surface area contributed by atoms with Crippen LogP contribution >= 0.6 is 0 Å². The van der Waals surface area contributed by atoms with Gasteiger partial charge in [-0.3, -0.25) is 4.79 Å². The van der Waals surface area contributed by atoms with Crippen molar-refractivity contribution in [1.82, 2.24) is 19.9 Å². The van der Waals surface area contributed by atoms with Gasteiger partial charge in [-0.2, -0.15) is 28.1 Å². The number of aliphatic carboxylic acids is 1. The molecular formula is C17H19F3N6O2. The highest BCUT2D eigenvalue weighted by Gasteiger charge is 2.33. The molecule has 0 aliphatic heterocycles. The summed E-state index contributed by atoms with van der Waals surface area (Å²) in [5.41, 5.74) is -1.16. The van der Waals surface area contributed by atoms with Crippen molar-refractivity contribution in [3.8, 4) is 11.5 Å². The molecule has 11 heteroatoms. The molecule has 1 fully saturated rings. The van der Waals surface area contributed by atoms with Crippen LogP contribution in [0.25, 0.3) is 11.5 Å². The van der Waals surface area contributed by atoms with Crippen LogP contribution in [0.2, 0.25) is 0 Å². The molecule has 1 saturated carbocycles. The Balaban J connectivity index is 1.97. The second-order valence-electron chi connectivity index (χ2n) is 6.69. The van der Waals surface area contributed by atoms with Crippen LogP contribution in [0.4, 0.5) is 25.1 Å². The Bertz CT molecular complexity index is 872. The summed E-state index contributed by atoms with van der Waals surface area (Å²) in [5, 5.41) is 14.8. The first-order valence-electron chi connectivity index (χ1n) is 8.70. The molecule has 0 amide bonds. The zero-order chi connectivity index (χ0) is 20.5. The molecule has 1 aliphatic rings. The van der Waals surface area contributed by atoms with Crippen LogP contribution in [0.3, 0.4) is 0 Å². The van der Waals surface area contributed by atoms with Gasteiger partial charge in [-0.25, -0.2) is 4.98 Å². The molecule has 2 aromatic rings. The second kappa shape index (κ2) is 7.56. The number of pyridine rings is 1. The summed E-state index contributed by atoms with van der Waals surface area (Å²) in [6, 6.07) is 2.48. The molecule has 8 nitrogen and oxygen atoms in total. The highest BCUT2D eigenvalue weighted by Crippen LogP contribution is 2.34. The highest BCUT2D eigenvalue weighted by molar-refractivity contribution is 5.76. The lowest BCUT2D eigenvalue weighted by atomic mass is 10.2. The number of anilines is 2. The van der Waals surface area contributed by atoms with E-state index in [0.29, 0.717) is 5.92 Å². The van der Waals surface area contributed by atoms with Gasteiger partial charge >= 0.3 is 12.1 Å². The summed E-state index contributed by atoms with van der Waals surface area (Å²) in [4.78, 5) is 27.0. The Morgan fingerprint density at radius 2 is 1.75 bits per heavy atom. The SMILES string of the molecule is CC(Nc1nc(NC(C)C2CC2)nc(-c2cccc(C(F)(F)F)n2)n1)C(=O)O. The van der Waals surface area contributed by atoms with Crippen molar-refractivity contribution < 1.29 is 23.1 Å². The first kappa shape index (κ1) is 19.8. The van der Waals surface area contributed by atoms with E-state index >= 15 is 0 Å². The van der Waals surface area contributed by atoms with Crippen LogP contribution in [0.5, 0.6) is 0 Å². The van der Waals surface area contributed by atoms with E-state index in [1.54, 1.807) is 0 Å². The summed E-state index contributed by atoms with van der Waals surface area (Å²) in [6.45, 7) is 3.35. The first-order valence-corrected chi connectivity index (χ1v) is 8.70. The van der Waals surface area contributed by atoms with Crippen molar-refractivity contribution in [2.75, 3.05) is 10.6 Å². The molecule has 0 spiro atoms. The van der Waals surface area contributed by atoms with Crippen molar-refractivity contribution in [2.45, 2.75) is 44.9 Å². The molecule has 28 heavy (non-hydrogen) atoms. The molecule has 2 unspecified atom stereocenters. The number of hydrogen-bond acceptors (Lipinski definition) is 7. The summed E-state index contributed by atoms with van der Waals surface area (Å²) >= 11 is 0. The van der Waals surface area contributed by atoms with Crippen molar-refractivity contribution in [1.29, 1.82) is 0 Å².